The Kier molecular flexibility index (Phi) is 8.02. The molecule has 4 aromatic heterocycles. The van der Waals surface area contributed by atoms with Crippen molar-refractivity contribution < 1.29 is 39.6 Å². The van der Waals surface area contributed by atoms with E-state index in [9.17, 15) is 30.8 Å². The molecule has 1 saturated carbocycles. The molecule has 0 spiro atoms. The van der Waals surface area contributed by atoms with Crippen LogP contribution in [0.2, 0.25) is 5.02 Å². The molecule has 0 radical (unpaired) electrons. The summed E-state index contributed by atoms with van der Waals surface area (Å²) in [5.41, 5.74) is 0.200. The van der Waals surface area contributed by atoms with E-state index < -0.39 is 75.7 Å². The number of halogens is 7. The van der Waals surface area contributed by atoms with E-state index in [-0.39, 0.29) is 45.9 Å². The zero-order valence-electron chi connectivity index (χ0n) is 27.4. The van der Waals surface area contributed by atoms with E-state index in [0.29, 0.717) is 38.4 Å². The highest BCUT2D eigenvalue weighted by Crippen LogP contribution is 2.68. The summed E-state index contributed by atoms with van der Waals surface area (Å²) in [4.78, 5) is 18.6. The van der Waals surface area contributed by atoms with Gasteiger partial charge in [-0.2, -0.15) is 24.1 Å². The van der Waals surface area contributed by atoms with Crippen molar-refractivity contribution in [1.29, 1.82) is 0 Å². The van der Waals surface area contributed by atoms with Crippen LogP contribution < -0.4 is 10.0 Å². The first-order valence-corrected chi connectivity index (χ1v) is 18.3. The molecule has 0 unspecified atom stereocenters. The summed E-state index contributed by atoms with van der Waals surface area (Å²) in [5.74, 6) is -8.22. The number of alkyl halides is 4. The summed E-state index contributed by atoms with van der Waals surface area (Å²) in [6, 6.07) is 6.25. The molecule has 8 rings (SSSR count). The SMILES string of the molecule is Cn1nc(NS(C)(=O)=O)c2c(Cl)ccc(-c3cc4[nH]ncc4nc3[C@@H](Cc3cc(F)cc(F)c3)NC(=O)Cn3nc(C(F)F)c4c3C(F)(F)[C@@H]3C[C@H]43)c21. The van der Waals surface area contributed by atoms with Crippen LogP contribution in [0.5, 0.6) is 0 Å². The largest absolute Gasteiger partial charge is 0.346 e. The number of pyridine rings is 1. The summed E-state index contributed by atoms with van der Waals surface area (Å²) >= 11 is 6.56. The van der Waals surface area contributed by atoms with Crippen molar-refractivity contribution in [2.24, 2.45) is 13.0 Å². The number of sulfonamides is 1. The fourth-order valence-electron chi connectivity index (χ4n) is 7.35. The number of amides is 1. The smallest absolute Gasteiger partial charge is 0.293 e. The van der Waals surface area contributed by atoms with Crippen molar-refractivity contribution in [3.63, 3.8) is 0 Å². The van der Waals surface area contributed by atoms with E-state index in [1.165, 1.54) is 16.9 Å². The second-order valence-electron chi connectivity index (χ2n) is 13.2. The first-order chi connectivity index (χ1) is 25.0. The predicted molar refractivity (Wildman–Crippen MR) is 180 cm³/mol. The highest BCUT2D eigenvalue weighted by Gasteiger charge is 2.67. The maximum absolute atomic E-state index is 15.3. The number of aromatic amines is 1. The van der Waals surface area contributed by atoms with E-state index in [1.807, 2.05) is 0 Å². The van der Waals surface area contributed by atoms with E-state index in [0.717, 1.165) is 18.4 Å². The van der Waals surface area contributed by atoms with Gasteiger partial charge in [-0.1, -0.05) is 17.7 Å². The molecule has 0 bridgehead atoms. The van der Waals surface area contributed by atoms with Gasteiger partial charge >= 0.3 is 0 Å². The van der Waals surface area contributed by atoms with Gasteiger partial charge in [0, 0.05) is 35.7 Å². The van der Waals surface area contributed by atoms with Crippen LogP contribution >= 0.6 is 11.6 Å². The molecule has 2 aromatic carbocycles. The van der Waals surface area contributed by atoms with Gasteiger partial charge in [0.05, 0.1) is 45.6 Å². The predicted octanol–water partition coefficient (Wildman–Crippen LogP) is 6.26. The quantitative estimate of drug-likeness (QED) is 0.139. The molecule has 3 N–H and O–H groups in total. The van der Waals surface area contributed by atoms with Crippen molar-refractivity contribution >= 4 is 55.3 Å². The van der Waals surface area contributed by atoms with Gasteiger partial charge < -0.3 is 5.32 Å². The molecular formula is C33H26ClF6N9O3S. The molecule has 6 aromatic rings. The Morgan fingerprint density at radius 2 is 1.83 bits per heavy atom. The first-order valence-electron chi connectivity index (χ1n) is 16.0. The molecule has 53 heavy (non-hydrogen) atoms. The molecule has 276 valence electrons. The van der Waals surface area contributed by atoms with Crippen LogP contribution in [0.3, 0.4) is 0 Å². The summed E-state index contributed by atoms with van der Waals surface area (Å²) in [6.45, 7) is -0.880. The molecule has 4 heterocycles. The number of carbonyl (C=O) groups is 1. The Morgan fingerprint density at radius 3 is 2.53 bits per heavy atom. The molecular weight excluding hydrogens is 752 g/mol. The lowest BCUT2D eigenvalue weighted by atomic mass is 9.93. The van der Waals surface area contributed by atoms with Crippen LogP contribution in [0, 0.1) is 17.6 Å². The molecule has 1 fully saturated rings. The number of hydrogen-bond donors (Lipinski definition) is 3. The number of fused-ring (bicyclic) bond motifs is 5. The average molecular weight is 778 g/mol. The van der Waals surface area contributed by atoms with Gasteiger partial charge in [0.2, 0.25) is 15.9 Å². The number of rotatable bonds is 10. The van der Waals surface area contributed by atoms with Gasteiger partial charge in [0.1, 0.15) is 35.1 Å². The molecule has 20 heteroatoms. The van der Waals surface area contributed by atoms with Crippen molar-refractivity contribution in [3.05, 3.63) is 87.5 Å². The summed E-state index contributed by atoms with van der Waals surface area (Å²) in [6.07, 6.45) is -1.06. The monoisotopic (exact) mass is 777 g/mol. The highest BCUT2D eigenvalue weighted by atomic mass is 35.5. The van der Waals surface area contributed by atoms with E-state index >= 15 is 8.78 Å². The Hall–Kier alpha value is -5.17. The van der Waals surface area contributed by atoms with Crippen molar-refractivity contribution in [2.75, 3.05) is 11.0 Å². The first kappa shape index (κ1) is 34.9. The molecule has 3 atom stereocenters. The lowest BCUT2D eigenvalue weighted by Gasteiger charge is -2.23. The molecule has 2 aliphatic carbocycles. The maximum atomic E-state index is 15.3. The number of carbonyl (C=O) groups excluding carboxylic acids is 1. The normalized spacial score (nSPS) is 18.1. The lowest BCUT2D eigenvalue weighted by molar-refractivity contribution is -0.123. The third-order valence-electron chi connectivity index (χ3n) is 9.45. The minimum absolute atomic E-state index is 0.0370. The van der Waals surface area contributed by atoms with Gasteiger partial charge in [0.15, 0.2) is 5.82 Å². The van der Waals surface area contributed by atoms with Crippen molar-refractivity contribution in [1.82, 2.24) is 40.1 Å². The second kappa shape index (κ2) is 12.2. The fraction of sp³-hybridized carbons (Fsp3) is 0.303. The standard InChI is InChI=1S/C33H26ClF6N9O3S/c1-48-29-16(3-4-20(34)26(29)32(46-48)47-53(2,51)52)17-10-21-23(11-41-44-21)43-27(17)22(7-13-5-14(35)8-15(36)6-13)42-24(50)12-49-30-25(28(45-49)31(37)38)18-9-19(18)33(30,39)40/h3-6,8,10-11,18-19,22,31H,7,9,12H2,1-2H3,(H,41,44)(H,42,50)(H,46,47)/t18-,19+,22+/m0/s1. The van der Waals surface area contributed by atoms with Crippen LogP contribution in [0.15, 0.2) is 42.6 Å². The number of nitrogens with one attached hydrogen (secondary N) is 3. The van der Waals surface area contributed by atoms with Gasteiger partial charge in [-0.25, -0.2) is 31.0 Å². The average Bonchev–Trinajstić information content (AvgIpc) is 3.28. The number of nitrogens with zero attached hydrogens (tertiary/aromatic N) is 6. The van der Waals surface area contributed by atoms with Crippen LogP contribution in [0.25, 0.3) is 33.1 Å². The number of aromatic nitrogens is 7. The van der Waals surface area contributed by atoms with Gasteiger partial charge in [0.25, 0.3) is 12.3 Å². The number of aryl methyl sites for hydroxylation is 1. The third-order valence-corrected chi connectivity index (χ3v) is 10.3. The number of anilines is 1. The minimum atomic E-state index is -3.80. The van der Waals surface area contributed by atoms with E-state index in [4.69, 9.17) is 16.6 Å². The Morgan fingerprint density at radius 1 is 1.09 bits per heavy atom. The molecule has 0 aliphatic heterocycles. The zero-order valence-corrected chi connectivity index (χ0v) is 29.0. The minimum Gasteiger partial charge on any atom is -0.346 e. The summed E-state index contributed by atoms with van der Waals surface area (Å²) in [5, 5.41) is 18.0. The molecule has 2 aliphatic rings. The van der Waals surface area contributed by atoms with E-state index in [2.05, 4.69) is 30.4 Å². The topological polar surface area (TPSA) is 152 Å². The molecule has 1 amide bonds. The van der Waals surface area contributed by atoms with E-state index in [1.54, 1.807) is 19.2 Å². The second-order valence-corrected chi connectivity index (χ2v) is 15.3. The summed E-state index contributed by atoms with van der Waals surface area (Å²) in [7, 11) is -2.26. The third kappa shape index (κ3) is 6.04. The van der Waals surface area contributed by atoms with Crippen LogP contribution in [0.1, 0.15) is 53.0 Å². The Labute approximate surface area is 300 Å². The van der Waals surface area contributed by atoms with Crippen LogP contribution in [-0.4, -0.2) is 55.3 Å². The van der Waals surface area contributed by atoms with Gasteiger partial charge in [-0.3, -0.25) is 24.0 Å². The summed E-state index contributed by atoms with van der Waals surface area (Å²) < 4.78 is 116. The van der Waals surface area contributed by atoms with Gasteiger partial charge in [-0.05, 0) is 48.6 Å². The molecule has 0 saturated heterocycles. The lowest BCUT2D eigenvalue weighted by Crippen LogP contribution is -2.35. The number of benzene rings is 2. The van der Waals surface area contributed by atoms with Gasteiger partial charge in [-0.15, -0.1) is 0 Å². The van der Waals surface area contributed by atoms with Crippen molar-refractivity contribution in [3.8, 4) is 11.1 Å². The highest BCUT2D eigenvalue weighted by molar-refractivity contribution is 7.92. The number of H-pyrrole nitrogens is 1. The molecule has 12 nitrogen and oxygen atoms in total. The number of hydrogen-bond acceptors (Lipinski definition) is 7. The zero-order chi connectivity index (χ0) is 37.7. The fourth-order valence-corrected chi connectivity index (χ4v) is 8.09. The Bertz CT molecular complexity index is 2590. The van der Waals surface area contributed by atoms with Crippen LogP contribution in [0.4, 0.5) is 32.2 Å². The van der Waals surface area contributed by atoms with Crippen LogP contribution in [-0.2, 0) is 40.8 Å². The Balaban J connectivity index is 1.26. The van der Waals surface area contributed by atoms with Crippen molar-refractivity contribution in [2.45, 2.75) is 43.7 Å². The maximum Gasteiger partial charge on any atom is 0.293 e.